The van der Waals surface area contributed by atoms with Crippen molar-refractivity contribution < 1.29 is 4.74 Å². The number of ether oxygens (including phenoxy) is 1. The van der Waals surface area contributed by atoms with Gasteiger partial charge in [0.1, 0.15) is 11.9 Å². The molecule has 2 heterocycles. The van der Waals surface area contributed by atoms with Gasteiger partial charge in [-0.25, -0.2) is 4.98 Å². The Morgan fingerprint density at radius 2 is 1.83 bits per heavy atom. The molecule has 1 aromatic carbocycles. The van der Waals surface area contributed by atoms with Gasteiger partial charge in [-0.15, -0.1) is 10.2 Å². The Hall–Kier alpha value is -3.24. The second-order valence-electron chi connectivity index (χ2n) is 7.97. The van der Waals surface area contributed by atoms with Crippen LogP contribution in [0.25, 0.3) is 5.69 Å². The van der Waals surface area contributed by atoms with E-state index < -0.39 is 0 Å². The Balaban J connectivity index is 1.54. The third kappa shape index (κ3) is 4.50. The summed E-state index contributed by atoms with van der Waals surface area (Å²) in [7, 11) is 4.05. The molecule has 1 aliphatic carbocycles. The summed E-state index contributed by atoms with van der Waals surface area (Å²) < 4.78 is 8.20. The lowest BCUT2D eigenvalue weighted by molar-refractivity contribution is 0.139. The van der Waals surface area contributed by atoms with Crippen molar-refractivity contribution in [2.75, 3.05) is 14.1 Å². The minimum absolute atomic E-state index is 0.184. The maximum absolute atomic E-state index is 9.12. The smallest absolute Gasteiger partial charge is 0.213 e. The van der Waals surface area contributed by atoms with Crippen molar-refractivity contribution in [2.45, 2.75) is 44.2 Å². The molecule has 0 amide bonds. The molecule has 0 radical (unpaired) electrons. The highest BCUT2D eigenvalue weighted by atomic mass is 16.5. The molecular weight excluding hydrogens is 376 g/mol. The molecule has 30 heavy (non-hydrogen) atoms. The lowest BCUT2D eigenvalue weighted by atomic mass is 9.86. The minimum Gasteiger partial charge on any atom is -0.474 e. The van der Waals surface area contributed by atoms with Crippen molar-refractivity contribution in [1.82, 2.24) is 24.6 Å². The van der Waals surface area contributed by atoms with E-state index in [0.717, 1.165) is 43.0 Å². The van der Waals surface area contributed by atoms with E-state index in [4.69, 9.17) is 10.00 Å². The Morgan fingerprint density at radius 1 is 1.07 bits per heavy atom. The zero-order chi connectivity index (χ0) is 20.9. The first-order valence-corrected chi connectivity index (χ1v) is 10.3. The molecule has 0 aliphatic heterocycles. The SMILES string of the molecule is CN(C)Cc1nnc([C@H]2CC[C@H](Oc3ccccn3)CC2)n1-c1ccc(C#N)cc1. The lowest BCUT2D eigenvalue weighted by Gasteiger charge is -2.28. The summed E-state index contributed by atoms with van der Waals surface area (Å²) in [5.41, 5.74) is 1.65. The first-order valence-electron chi connectivity index (χ1n) is 10.3. The molecule has 0 unspecified atom stereocenters. The van der Waals surface area contributed by atoms with Crippen LogP contribution in [-0.4, -0.2) is 44.8 Å². The van der Waals surface area contributed by atoms with Gasteiger partial charge in [0.05, 0.1) is 18.2 Å². The predicted molar refractivity (Wildman–Crippen MR) is 113 cm³/mol. The van der Waals surface area contributed by atoms with Gasteiger partial charge < -0.3 is 9.64 Å². The van der Waals surface area contributed by atoms with Crippen LogP contribution in [0.2, 0.25) is 0 Å². The molecule has 2 aromatic heterocycles. The van der Waals surface area contributed by atoms with Gasteiger partial charge in [0.25, 0.3) is 0 Å². The van der Waals surface area contributed by atoms with Crippen LogP contribution >= 0.6 is 0 Å². The quantitative estimate of drug-likeness (QED) is 0.625. The third-order valence-corrected chi connectivity index (χ3v) is 5.43. The van der Waals surface area contributed by atoms with Gasteiger partial charge in [-0.3, -0.25) is 4.57 Å². The van der Waals surface area contributed by atoms with Crippen LogP contribution in [0, 0.1) is 11.3 Å². The molecule has 7 nitrogen and oxygen atoms in total. The van der Waals surface area contributed by atoms with Crippen LogP contribution < -0.4 is 4.74 Å². The van der Waals surface area contributed by atoms with E-state index in [0.29, 0.717) is 23.9 Å². The highest BCUT2D eigenvalue weighted by Crippen LogP contribution is 2.35. The highest BCUT2D eigenvalue weighted by molar-refractivity contribution is 5.41. The number of hydrogen-bond donors (Lipinski definition) is 0. The van der Waals surface area contributed by atoms with Crippen LogP contribution in [0.5, 0.6) is 5.88 Å². The number of benzene rings is 1. The highest BCUT2D eigenvalue weighted by Gasteiger charge is 2.29. The van der Waals surface area contributed by atoms with Gasteiger partial charge in [-0.05, 0) is 70.1 Å². The minimum atomic E-state index is 0.184. The van der Waals surface area contributed by atoms with Crippen LogP contribution in [0.15, 0.2) is 48.7 Å². The maximum Gasteiger partial charge on any atom is 0.213 e. The summed E-state index contributed by atoms with van der Waals surface area (Å²) >= 11 is 0. The van der Waals surface area contributed by atoms with Crippen molar-refractivity contribution in [1.29, 1.82) is 5.26 Å². The number of hydrogen-bond acceptors (Lipinski definition) is 6. The van der Waals surface area contributed by atoms with Gasteiger partial charge in [0.2, 0.25) is 5.88 Å². The fraction of sp³-hybridized carbons (Fsp3) is 0.391. The van der Waals surface area contributed by atoms with Crippen molar-refractivity contribution in [3.05, 3.63) is 65.9 Å². The van der Waals surface area contributed by atoms with Gasteiger partial charge in [-0.2, -0.15) is 5.26 Å². The standard InChI is InChI=1S/C23H26N6O/c1-28(2)16-21-26-27-23(29(21)19-10-6-17(15-24)7-11-19)18-8-12-20(13-9-18)30-22-5-3-4-14-25-22/h3-7,10-11,14,18,20H,8-9,12-13,16H2,1-2H3/t18-,20-. The Morgan fingerprint density at radius 3 is 2.47 bits per heavy atom. The van der Waals surface area contributed by atoms with E-state index in [2.05, 4.69) is 30.7 Å². The summed E-state index contributed by atoms with van der Waals surface area (Å²) in [6.45, 7) is 0.700. The van der Waals surface area contributed by atoms with Crippen LogP contribution in [0.1, 0.15) is 48.8 Å². The maximum atomic E-state index is 9.12. The summed E-state index contributed by atoms with van der Waals surface area (Å²) in [6, 6.07) is 15.6. The second-order valence-corrected chi connectivity index (χ2v) is 7.97. The molecule has 3 aromatic rings. The predicted octanol–water partition coefficient (Wildman–Crippen LogP) is 3.70. The molecule has 0 N–H and O–H groups in total. The zero-order valence-electron chi connectivity index (χ0n) is 17.4. The molecule has 7 heteroatoms. The van der Waals surface area contributed by atoms with Gasteiger partial charge in [-0.1, -0.05) is 6.07 Å². The Bertz CT molecular complexity index is 998. The van der Waals surface area contributed by atoms with Gasteiger partial charge in [0, 0.05) is 23.9 Å². The molecule has 4 rings (SSSR count). The number of rotatable bonds is 6. The second kappa shape index (κ2) is 9.06. The van der Waals surface area contributed by atoms with E-state index in [-0.39, 0.29) is 6.10 Å². The van der Waals surface area contributed by atoms with Crippen molar-refractivity contribution in [2.24, 2.45) is 0 Å². The largest absolute Gasteiger partial charge is 0.474 e. The van der Waals surface area contributed by atoms with E-state index in [1.807, 2.05) is 56.6 Å². The molecule has 0 bridgehead atoms. The molecule has 0 spiro atoms. The summed E-state index contributed by atoms with van der Waals surface area (Å²) in [6.07, 6.45) is 5.85. The van der Waals surface area contributed by atoms with Gasteiger partial charge >= 0.3 is 0 Å². The molecule has 0 saturated heterocycles. The number of nitriles is 1. The van der Waals surface area contributed by atoms with E-state index in [9.17, 15) is 0 Å². The number of nitrogens with zero attached hydrogens (tertiary/aromatic N) is 6. The Kier molecular flexibility index (Phi) is 6.05. The van der Waals surface area contributed by atoms with Crippen molar-refractivity contribution in [3.63, 3.8) is 0 Å². The number of aromatic nitrogens is 4. The first-order chi connectivity index (χ1) is 14.6. The monoisotopic (exact) mass is 402 g/mol. The summed E-state index contributed by atoms with van der Waals surface area (Å²) in [4.78, 5) is 6.36. The Labute approximate surface area is 177 Å². The summed E-state index contributed by atoms with van der Waals surface area (Å²) in [5.74, 6) is 2.92. The van der Waals surface area contributed by atoms with Crippen LogP contribution in [-0.2, 0) is 6.54 Å². The molecule has 1 saturated carbocycles. The first kappa shape index (κ1) is 20.0. The molecule has 1 aliphatic rings. The van der Waals surface area contributed by atoms with E-state index in [1.54, 1.807) is 6.20 Å². The normalized spacial score (nSPS) is 18.9. The fourth-order valence-electron chi connectivity index (χ4n) is 3.97. The molecular formula is C23H26N6O. The van der Waals surface area contributed by atoms with E-state index >= 15 is 0 Å². The van der Waals surface area contributed by atoms with Crippen LogP contribution in [0.4, 0.5) is 0 Å². The zero-order valence-corrected chi connectivity index (χ0v) is 17.4. The van der Waals surface area contributed by atoms with Gasteiger partial charge in [0.15, 0.2) is 5.82 Å². The summed E-state index contributed by atoms with van der Waals surface area (Å²) in [5, 5.41) is 18.2. The van der Waals surface area contributed by atoms with Crippen molar-refractivity contribution in [3.8, 4) is 17.6 Å². The molecule has 154 valence electrons. The van der Waals surface area contributed by atoms with Crippen LogP contribution in [0.3, 0.4) is 0 Å². The van der Waals surface area contributed by atoms with Crippen molar-refractivity contribution >= 4 is 0 Å². The fourth-order valence-corrected chi connectivity index (χ4v) is 3.97. The molecule has 0 atom stereocenters. The molecule has 1 fully saturated rings. The van der Waals surface area contributed by atoms with E-state index in [1.165, 1.54) is 0 Å². The topological polar surface area (TPSA) is 79.9 Å². The lowest BCUT2D eigenvalue weighted by Crippen LogP contribution is -2.25. The average Bonchev–Trinajstić information content (AvgIpc) is 3.18. The third-order valence-electron chi connectivity index (χ3n) is 5.43. The average molecular weight is 403 g/mol. The number of pyridine rings is 1.